The third-order valence-corrected chi connectivity index (χ3v) is 4.46. The van der Waals surface area contributed by atoms with Crippen molar-refractivity contribution < 1.29 is 0 Å². The number of benzene rings is 2. The molecule has 0 atom stereocenters. The van der Waals surface area contributed by atoms with Gasteiger partial charge in [0, 0.05) is 24.5 Å². The first-order valence-corrected chi connectivity index (χ1v) is 8.90. The summed E-state index contributed by atoms with van der Waals surface area (Å²) in [4.78, 5) is 6.81. The second-order valence-electron chi connectivity index (χ2n) is 6.31. The summed E-state index contributed by atoms with van der Waals surface area (Å²) in [5.41, 5.74) is 3.36. The zero-order valence-corrected chi connectivity index (χ0v) is 14.8. The van der Waals surface area contributed by atoms with Crippen molar-refractivity contribution in [2.24, 2.45) is 0 Å². The van der Waals surface area contributed by atoms with Crippen molar-refractivity contribution in [3.8, 4) is 6.07 Å². The van der Waals surface area contributed by atoms with Crippen molar-refractivity contribution in [2.45, 2.75) is 12.8 Å². The Kier molecular flexibility index (Phi) is 4.79. The van der Waals surface area contributed by atoms with Crippen molar-refractivity contribution in [1.82, 2.24) is 15.2 Å². The van der Waals surface area contributed by atoms with E-state index in [1.165, 1.54) is 24.7 Å². The first-order chi connectivity index (χ1) is 13.3. The lowest BCUT2D eigenvalue weighted by Crippen LogP contribution is -2.17. The zero-order chi connectivity index (χ0) is 18.5. The number of nitrogens with one attached hydrogen (secondary N) is 2. The van der Waals surface area contributed by atoms with Gasteiger partial charge in [0.1, 0.15) is 6.07 Å². The Morgan fingerprint density at radius 2 is 1.74 bits per heavy atom. The average Bonchev–Trinajstić information content (AvgIpc) is 3.24. The molecule has 2 N–H and O–H groups in total. The first kappa shape index (κ1) is 16.8. The summed E-state index contributed by atoms with van der Waals surface area (Å²) in [5.74, 6) is 0.909. The molecule has 7 heteroatoms. The van der Waals surface area contributed by atoms with Crippen molar-refractivity contribution in [3.63, 3.8) is 0 Å². The molecule has 1 fully saturated rings. The molecule has 4 rings (SSSR count). The summed E-state index contributed by atoms with van der Waals surface area (Å²) in [6.45, 7) is 2.25. The van der Waals surface area contributed by atoms with Gasteiger partial charge in [0.15, 0.2) is 5.82 Å². The molecule has 2 aromatic carbocycles. The molecule has 0 spiro atoms. The molecule has 1 aromatic heterocycles. The molecule has 0 amide bonds. The van der Waals surface area contributed by atoms with Crippen LogP contribution in [0.4, 0.5) is 28.8 Å². The number of para-hydroxylation sites is 1. The third kappa shape index (κ3) is 3.96. The summed E-state index contributed by atoms with van der Waals surface area (Å²) in [7, 11) is 0. The van der Waals surface area contributed by atoms with E-state index in [4.69, 9.17) is 0 Å². The standard InChI is InChI=1S/C20H19N7/c21-13-15-5-1-2-6-18(15)24-19-14-22-26-20(25-19)23-16-7-9-17(10-8-16)27-11-3-4-12-27/h1-2,5-10,14H,3-4,11-12H2,(H2,23,24,25,26). The molecule has 0 aliphatic carbocycles. The van der Waals surface area contributed by atoms with Crippen LogP contribution in [0.1, 0.15) is 18.4 Å². The largest absolute Gasteiger partial charge is 0.372 e. The first-order valence-electron chi connectivity index (χ1n) is 8.90. The number of nitrogens with zero attached hydrogens (tertiary/aromatic N) is 5. The van der Waals surface area contributed by atoms with Gasteiger partial charge in [-0.05, 0) is 49.2 Å². The average molecular weight is 357 g/mol. The number of hydrogen-bond acceptors (Lipinski definition) is 7. The molecule has 0 unspecified atom stereocenters. The summed E-state index contributed by atoms with van der Waals surface area (Å²) >= 11 is 0. The molecule has 0 radical (unpaired) electrons. The molecule has 1 aliphatic rings. The van der Waals surface area contributed by atoms with Gasteiger partial charge in [-0.3, -0.25) is 0 Å². The molecule has 1 saturated heterocycles. The molecule has 7 nitrogen and oxygen atoms in total. The van der Waals surface area contributed by atoms with Crippen molar-refractivity contribution in [3.05, 3.63) is 60.3 Å². The molecule has 27 heavy (non-hydrogen) atoms. The van der Waals surface area contributed by atoms with Crippen LogP contribution in [0.15, 0.2) is 54.7 Å². The fraction of sp³-hybridized carbons (Fsp3) is 0.200. The number of hydrogen-bond donors (Lipinski definition) is 2. The normalized spacial score (nSPS) is 13.2. The SMILES string of the molecule is N#Cc1ccccc1Nc1cnnc(Nc2ccc(N3CCCC3)cc2)n1. The van der Waals surface area contributed by atoms with E-state index in [9.17, 15) is 5.26 Å². The summed E-state index contributed by atoms with van der Waals surface area (Å²) < 4.78 is 0. The molecule has 0 saturated carbocycles. The predicted octanol–water partition coefficient (Wildman–Crippen LogP) is 3.83. The summed E-state index contributed by atoms with van der Waals surface area (Å²) in [6.07, 6.45) is 4.04. The maximum absolute atomic E-state index is 9.19. The Labute approximate surface area is 157 Å². The minimum absolute atomic E-state index is 0.392. The highest BCUT2D eigenvalue weighted by molar-refractivity contribution is 5.65. The Balaban J connectivity index is 1.47. The maximum atomic E-state index is 9.19. The van der Waals surface area contributed by atoms with E-state index in [0.717, 1.165) is 18.8 Å². The van der Waals surface area contributed by atoms with Gasteiger partial charge in [-0.1, -0.05) is 12.1 Å². The highest BCUT2D eigenvalue weighted by atomic mass is 15.3. The quantitative estimate of drug-likeness (QED) is 0.717. The number of rotatable bonds is 5. The smallest absolute Gasteiger partial charge is 0.249 e. The van der Waals surface area contributed by atoms with Crippen LogP contribution in [0.2, 0.25) is 0 Å². The Morgan fingerprint density at radius 3 is 2.52 bits per heavy atom. The molecule has 2 heterocycles. The van der Waals surface area contributed by atoms with Crippen LogP contribution in [0, 0.1) is 11.3 Å². The lowest BCUT2D eigenvalue weighted by Gasteiger charge is -2.17. The molecular formula is C20H19N7. The second kappa shape index (κ2) is 7.70. The zero-order valence-electron chi connectivity index (χ0n) is 14.8. The van der Waals surface area contributed by atoms with Gasteiger partial charge in [0.25, 0.3) is 0 Å². The minimum Gasteiger partial charge on any atom is -0.372 e. The highest BCUT2D eigenvalue weighted by Crippen LogP contribution is 2.24. The van der Waals surface area contributed by atoms with Crippen LogP contribution in [-0.4, -0.2) is 28.3 Å². The Bertz CT molecular complexity index is 957. The molecule has 0 bridgehead atoms. The predicted molar refractivity (Wildman–Crippen MR) is 105 cm³/mol. The van der Waals surface area contributed by atoms with Crippen LogP contribution in [0.3, 0.4) is 0 Å². The molecule has 3 aromatic rings. The van der Waals surface area contributed by atoms with Crippen LogP contribution in [0.25, 0.3) is 0 Å². The maximum Gasteiger partial charge on any atom is 0.249 e. The topological polar surface area (TPSA) is 89.8 Å². The lowest BCUT2D eigenvalue weighted by molar-refractivity contribution is 0.949. The fourth-order valence-electron chi connectivity index (χ4n) is 3.10. The van der Waals surface area contributed by atoms with E-state index < -0.39 is 0 Å². The Morgan fingerprint density at radius 1 is 0.963 bits per heavy atom. The van der Waals surface area contributed by atoms with Crippen molar-refractivity contribution in [1.29, 1.82) is 5.26 Å². The van der Waals surface area contributed by atoms with Gasteiger partial charge in [-0.15, -0.1) is 5.10 Å². The Hall–Kier alpha value is -3.66. The van der Waals surface area contributed by atoms with Crippen LogP contribution < -0.4 is 15.5 Å². The van der Waals surface area contributed by atoms with Crippen LogP contribution in [-0.2, 0) is 0 Å². The number of aromatic nitrogens is 3. The van der Waals surface area contributed by atoms with Gasteiger partial charge in [0.05, 0.1) is 17.4 Å². The fourth-order valence-corrected chi connectivity index (χ4v) is 3.10. The summed E-state index contributed by atoms with van der Waals surface area (Å²) in [6, 6.07) is 17.6. The van der Waals surface area contributed by atoms with Gasteiger partial charge < -0.3 is 15.5 Å². The van der Waals surface area contributed by atoms with E-state index in [0.29, 0.717) is 23.0 Å². The van der Waals surface area contributed by atoms with E-state index in [-0.39, 0.29) is 0 Å². The summed E-state index contributed by atoms with van der Waals surface area (Å²) in [5, 5.41) is 23.5. The van der Waals surface area contributed by atoms with Crippen molar-refractivity contribution >= 4 is 28.8 Å². The molecule has 134 valence electrons. The monoisotopic (exact) mass is 357 g/mol. The van der Waals surface area contributed by atoms with E-state index in [1.54, 1.807) is 6.07 Å². The highest BCUT2D eigenvalue weighted by Gasteiger charge is 2.12. The van der Waals surface area contributed by atoms with Crippen LogP contribution in [0.5, 0.6) is 0 Å². The molecular weight excluding hydrogens is 338 g/mol. The van der Waals surface area contributed by atoms with Gasteiger partial charge in [-0.25, -0.2) is 0 Å². The second-order valence-corrected chi connectivity index (χ2v) is 6.31. The van der Waals surface area contributed by atoms with Gasteiger partial charge in [0.2, 0.25) is 5.95 Å². The van der Waals surface area contributed by atoms with Crippen LogP contribution >= 0.6 is 0 Å². The van der Waals surface area contributed by atoms with E-state index in [2.05, 4.69) is 48.9 Å². The van der Waals surface area contributed by atoms with Gasteiger partial charge in [-0.2, -0.15) is 15.3 Å². The molecule has 1 aliphatic heterocycles. The number of nitriles is 1. The van der Waals surface area contributed by atoms with E-state index in [1.807, 2.05) is 30.3 Å². The third-order valence-electron chi connectivity index (χ3n) is 4.46. The lowest BCUT2D eigenvalue weighted by atomic mass is 10.2. The van der Waals surface area contributed by atoms with E-state index >= 15 is 0 Å². The van der Waals surface area contributed by atoms with Crippen molar-refractivity contribution in [2.75, 3.05) is 28.6 Å². The van der Waals surface area contributed by atoms with Gasteiger partial charge >= 0.3 is 0 Å². The number of anilines is 5. The minimum atomic E-state index is 0.392.